The van der Waals surface area contributed by atoms with Gasteiger partial charge in [-0.3, -0.25) is 24.6 Å². The highest BCUT2D eigenvalue weighted by Crippen LogP contribution is 2.34. The van der Waals surface area contributed by atoms with E-state index in [2.05, 4.69) is 0 Å². The predicted octanol–water partition coefficient (Wildman–Crippen LogP) is 3.31. The molecule has 0 spiro atoms. The van der Waals surface area contributed by atoms with Crippen molar-refractivity contribution in [1.29, 1.82) is 0 Å². The molecule has 24 heavy (non-hydrogen) atoms. The number of halogens is 1. The Labute approximate surface area is 151 Å². The van der Waals surface area contributed by atoms with Gasteiger partial charge in [-0.05, 0) is 18.6 Å². The summed E-state index contributed by atoms with van der Waals surface area (Å²) in [4.78, 5) is 34.8. The first-order valence-electron chi connectivity index (χ1n) is 6.70. The minimum absolute atomic E-state index is 0.0627. The van der Waals surface area contributed by atoms with Crippen LogP contribution in [0.4, 0.5) is 5.69 Å². The van der Waals surface area contributed by atoms with Crippen LogP contribution in [0.3, 0.4) is 0 Å². The Bertz CT molecular complexity index is 766. The Balaban J connectivity index is 2.21. The molecule has 1 aromatic carbocycles. The molecule has 1 saturated heterocycles. The lowest BCUT2D eigenvalue weighted by atomic mass is 10.2. The number of rotatable bonds is 6. The molecule has 2 rings (SSSR count). The molecule has 1 aromatic rings. The minimum atomic E-state index is -0.945. The van der Waals surface area contributed by atoms with E-state index in [-0.39, 0.29) is 40.9 Å². The number of nitro benzene ring substituents is 1. The number of thioether (sulfide) groups is 1. The quantitative estimate of drug-likeness (QED) is 0.346. The van der Waals surface area contributed by atoms with Crippen molar-refractivity contribution in [2.45, 2.75) is 12.8 Å². The summed E-state index contributed by atoms with van der Waals surface area (Å²) in [5.74, 6) is -1.31. The molecule has 7 nitrogen and oxygen atoms in total. The van der Waals surface area contributed by atoms with E-state index >= 15 is 0 Å². The van der Waals surface area contributed by atoms with Gasteiger partial charge in [-0.1, -0.05) is 35.6 Å². The highest BCUT2D eigenvalue weighted by atomic mass is 35.5. The Morgan fingerprint density at radius 1 is 1.50 bits per heavy atom. The topological polar surface area (TPSA) is 101 Å². The zero-order valence-corrected chi connectivity index (χ0v) is 14.5. The van der Waals surface area contributed by atoms with Crippen molar-refractivity contribution < 1.29 is 19.6 Å². The van der Waals surface area contributed by atoms with Crippen LogP contribution >= 0.6 is 35.6 Å². The molecular weight excluding hydrogens is 376 g/mol. The number of carbonyl (C=O) groups is 2. The molecular formula is C14H11ClN2O5S2. The summed E-state index contributed by atoms with van der Waals surface area (Å²) in [6.45, 7) is 0.205. The number of nitro groups is 1. The highest BCUT2D eigenvalue weighted by molar-refractivity contribution is 8.26. The van der Waals surface area contributed by atoms with E-state index in [9.17, 15) is 19.7 Å². The molecule has 0 unspecified atom stereocenters. The van der Waals surface area contributed by atoms with Crippen LogP contribution in [0, 0.1) is 10.1 Å². The van der Waals surface area contributed by atoms with Crippen molar-refractivity contribution >= 4 is 63.5 Å². The zero-order chi connectivity index (χ0) is 17.9. The maximum atomic E-state index is 12.4. The Morgan fingerprint density at radius 2 is 2.21 bits per heavy atom. The summed E-state index contributed by atoms with van der Waals surface area (Å²) in [6.07, 6.45) is 1.67. The number of hydrogen-bond donors (Lipinski definition) is 1. The van der Waals surface area contributed by atoms with Gasteiger partial charge in [-0.25, -0.2) is 0 Å². The number of aliphatic carboxylic acids is 1. The summed E-state index contributed by atoms with van der Waals surface area (Å²) in [5, 5.41) is 19.8. The number of carboxylic acid groups (broad SMARTS) is 1. The van der Waals surface area contributed by atoms with Crippen molar-refractivity contribution in [2.24, 2.45) is 0 Å². The van der Waals surface area contributed by atoms with E-state index in [1.165, 1.54) is 29.2 Å². The summed E-state index contributed by atoms with van der Waals surface area (Å²) < 4.78 is 0.318. The Morgan fingerprint density at radius 3 is 2.83 bits per heavy atom. The van der Waals surface area contributed by atoms with Gasteiger partial charge >= 0.3 is 5.97 Å². The standard InChI is InChI=1S/C14H11ClN2O5S2/c15-10-4-3-9(17(21)22)6-8(10)7-11-13(20)16(14(23)24-11)5-1-2-12(18)19/h3-4,6-7H,1-2,5H2,(H,18,19)/b11-7-. The molecule has 0 bridgehead atoms. The first kappa shape index (κ1) is 18.4. The smallest absolute Gasteiger partial charge is 0.303 e. The lowest BCUT2D eigenvalue weighted by Crippen LogP contribution is -2.29. The number of amides is 1. The maximum absolute atomic E-state index is 12.4. The molecule has 1 aliphatic rings. The normalized spacial score (nSPS) is 16.0. The molecule has 126 valence electrons. The fourth-order valence-electron chi connectivity index (χ4n) is 1.98. The second-order valence-corrected chi connectivity index (χ2v) is 6.88. The summed E-state index contributed by atoms with van der Waals surface area (Å²) >= 11 is 12.2. The van der Waals surface area contributed by atoms with Crippen LogP contribution in [0.1, 0.15) is 18.4 Å². The number of hydrogen-bond acceptors (Lipinski definition) is 6. The van der Waals surface area contributed by atoms with Crippen LogP contribution in [0.2, 0.25) is 5.02 Å². The fourth-order valence-corrected chi connectivity index (χ4v) is 3.45. The van der Waals surface area contributed by atoms with Gasteiger partial charge in [-0.2, -0.15) is 0 Å². The van der Waals surface area contributed by atoms with E-state index in [1.807, 2.05) is 0 Å². The predicted molar refractivity (Wildman–Crippen MR) is 94.9 cm³/mol. The van der Waals surface area contributed by atoms with E-state index < -0.39 is 10.9 Å². The van der Waals surface area contributed by atoms with Gasteiger partial charge < -0.3 is 5.11 Å². The maximum Gasteiger partial charge on any atom is 0.303 e. The van der Waals surface area contributed by atoms with Gasteiger partial charge in [0.15, 0.2) is 0 Å². The molecule has 10 heteroatoms. The first-order chi connectivity index (χ1) is 11.3. The third kappa shape index (κ3) is 4.31. The van der Waals surface area contributed by atoms with Crippen LogP contribution in [-0.2, 0) is 9.59 Å². The molecule has 0 aromatic heterocycles. The van der Waals surface area contributed by atoms with E-state index in [0.717, 1.165) is 11.8 Å². The van der Waals surface area contributed by atoms with Crippen LogP contribution in [0.5, 0.6) is 0 Å². The van der Waals surface area contributed by atoms with Gasteiger partial charge in [0.1, 0.15) is 4.32 Å². The fraction of sp³-hybridized carbons (Fsp3) is 0.214. The third-order valence-corrected chi connectivity index (χ3v) is 4.84. The molecule has 0 aliphatic carbocycles. The molecule has 0 atom stereocenters. The van der Waals surface area contributed by atoms with Crippen LogP contribution in [-0.4, -0.2) is 37.7 Å². The summed E-state index contributed by atoms with van der Waals surface area (Å²) in [7, 11) is 0. The Hall–Kier alpha value is -1.97. The average molecular weight is 387 g/mol. The number of benzene rings is 1. The minimum Gasteiger partial charge on any atom is -0.481 e. The van der Waals surface area contributed by atoms with Gasteiger partial charge in [0, 0.05) is 35.7 Å². The number of carboxylic acids is 1. The van der Waals surface area contributed by atoms with Crippen LogP contribution in [0.25, 0.3) is 6.08 Å². The van der Waals surface area contributed by atoms with Crippen molar-refractivity contribution in [3.63, 3.8) is 0 Å². The van der Waals surface area contributed by atoms with Crippen molar-refractivity contribution in [3.8, 4) is 0 Å². The Kier molecular flexibility index (Phi) is 5.92. The van der Waals surface area contributed by atoms with E-state index in [0.29, 0.717) is 9.88 Å². The number of non-ortho nitro benzene ring substituents is 1. The van der Waals surface area contributed by atoms with Gasteiger partial charge in [0.2, 0.25) is 0 Å². The molecule has 1 aliphatic heterocycles. The number of nitrogens with zero attached hydrogens (tertiary/aromatic N) is 2. The monoisotopic (exact) mass is 386 g/mol. The van der Waals surface area contributed by atoms with Gasteiger partial charge in [0.25, 0.3) is 11.6 Å². The van der Waals surface area contributed by atoms with Gasteiger partial charge in [-0.15, -0.1) is 0 Å². The molecule has 1 amide bonds. The molecule has 0 radical (unpaired) electrons. The molecule has 1 fully saturated rings. The SMILES string of the molecule is O=C(O)CCCN1C(=O)/C(=C/c2cc([N+](=O)[O-])ccc2Cl)SC1=S. The highest BCUT2D eigenvalue weighted by Gasteiger charge is 2.31. The summed E-state index contributed by atoms with van der Waals surface area (Å²) in [6, 6.07) is 3.94. The lowest BCUT2D eigenvalue weighted by Gasteiger charge is -2.13. The number of thiocarbonyl (C=S) groups is 1. The zero-order valence-electron chi connectivity index (χ0n) is 12.1. The lowest BCUT2D eigenvalue weighted by molar-refractivity contribution is -0.384. The second-order valence-electron chi connectivity index (χ2n) is 4.79. The number of carbonyl (C=O) groups excluding carboxylic acids is 1. The summed E-state index contributed by atoms with van der Waals surface area (Å²) in [5.41, 5.74) is 0.208. The van der Waals surface area contributed by atoms with E-state index in [1.54, 1.807) is 0 Å². The third-order valence-electron chi connectivity index (χ3n) is 3.12. The van der Waals surface area contributed by atoms with E-state index in [4.69, 9.17) is 28.9 Å². The first-order valence-corrected chi connectivity index (χ1v) is 8.31. The second kappa shape index (κ2) is 7.73. The van der Waals surface area contributed by atoms with Gasteiger partial charge in [0.05, 0.1) is 9.83 Å². The van der Waals surface area contributed by atoms with Crippen molar-refractivity contribution in [2.75, 3.05) is 6.54 Å². The van der Waals surface area contributed by atoms with Crippen LogP contribution in [0.15, 0.2) is 23.1 Å². The van der Waals surface area contributed by atoms with Crippen molar-refractivity contribution in [1.82, 2.24) is 4.90 Å². The largest absolute Gasteiger partial charge is 0.481 e. The molecule has 0 saturated carbocycles. The average Bonchev–Trinajstić information content (AvgIpc) is 2.76. The molecule has 1 heterocycles. The molecule has 1 N–H and O–H groups in total. The van der Waals surface area contributed by atoms with Crippen molar-refractivity contribution in [3.05, 3.63) is 43.8 Å². The van der Waals surface area contributed by atoms with Crippen LogP contribution < -0.4 is 0 Å².